The van der Waals surface area contributed by atoms with Crippen molar-refractivity contribution >= 4 is 0 Å². The zero-order valence-corrected chi connectivity index (χ0v) is 12.4. The number of hydrogen-bond donors (Lipinski definition) is 1. The molecule has 2 aromatic rings. The van der Waals surface area contributed by atoms with E-state index in [1.54, 1.807) is 0 Å². The van der Waals surface area contributed by atoms with Gasteiger partial charge < -0.3 is 10.0 Å². The Morgan fingerprint density at radius 1 is 1.05 bits per heavy atom. The van der Waals surface area contributed by atoms with Crippen LogP contribution in [0.3, 0.4) is 0 Å². The zero-order chi connectivity index (χ0) is 14.4. The van der Waals surface area contributed by atoms with Crippen LogP contribution in [0, 0.1) is 5.92 Å². The molecule has 1 saturated heterocycles. The van der Waals surface area contributed by atoms with Crippen LogP contribution in [0.4, 0.5) is 0 Å². The second-order valence-electron chi connectivity index (χ2n) is 6.48. The summed E-state index contributed by atoms with van der Waals surface area (Å²) in [4.78, 5) is 2.38. The molecular weight excluding hydrogens is 258 g/mol. The first-order valence-corrected chi connectivity index (χ1v) is 7.77. The fraction of sp³-hybridized carbons (Fsp3) is 0.368. The van der Waals surface area contributed by atoms with Gasteiger partial charge in [-0.2, -0.15) is 0 Å². The van der Waals surface area contributed by atoms with E-state index in [1.165, 1.54) is 5.56 Å². The lowest BCUT2D eigenvalue weighted by Crippen LogP contribution is -2.42. The number of rotatable bonds is 1. The quantitative estimate of drug-likeness (QED) is 0.867. The van der Waals surface area contributed by atoms with Gasteiger partial charge in [-0.1, -0.05) is 54.6 Å². The molecule has 2 nitrogen and oxygen atoms in total. The first-order chi connectivity index (χ1) is 10.2. The summed E-state index contributed by atoms with van der Waals surface area (Å²) in [5.74, 6) is 0.721. The van der Waals surface area contributed by atoms with Crippen molar-refractivity contribution in [2.75, 3.05) is 20.1 Å². The number of aliphatic hydroxyl groups is 1. The van der Waals surface area contributed by atoms with Gasteiger partial charge in [-0.25, -0.2) is 0 Å². The Kier molecular flexibility index (Phi) is 2.91. The van der Waals surface area contributed by atoms with Gasteiger partial charge >= 0.3 is 0 Å². The topological polar surface area (TPSA) is 23.5 Å². The van der Waals surface area contributed by atoms with Gasteiger partial charge in [-0.15, -0.1) is 0 Å². The molecule has 1 N–H and O–H groups in total. The van der Waals surface area contributed by atoms with E-state index < -0.39 is 5.60 Å². The van der Waals surface area contributed by atoms with Gasteiger partial charge in [0.2, 0.25) is 0 Å². The van der Waals surface area contributed by atoms with Gasteiger partial charge in [0.1, 0.15) is 5.60 Å². The molecule has 3 atom stereocenters. The number of likely N-dealkylation sites (N-methyl/N-ethyl adjacent to an activating group) is 1. The number of fused-ring (bicyclic) bond motifs is 3. The molecule has 0 spiro atoms. The maximum absolute atomic E-state index is 11.7. The molecule has 2 heteroatoms. The van der Waals surface area contributed by atoms with E-state index in [1.807, 2.05) is 24.3 Å². The Hall–Kier alpha value is -1.64. The Morgan fingerprint density at radius 2 is 1.76 bits per heavy atom. The van der Waals surface area contributed by atoms with Crippen LogP contribution in [0.5, 0.6) is 0 Å². The average molecular weight is 279 g/mol. The summed E-state index contributed by atoms with van der Waals surface area (Å²) in [5, 5.41) is 11.7. The highest BCUT2D eigenvalue weighted by Gasteiger charge is 2.53. The van der Waals surface area contributed by atoms with Crippen LogP contribution in [0.25, 0.3) is 0 Å². The van der Waals surface area contributed by atoms with Gasteiger partial charge in [-0.3, -0.25) is 0 Å². The van der Waals surface area contributed by atoms with Gasteiger partial charge in [0.15, 0.2) is 0 Å². The fourth-order valence-electron chi connectivity index (χ4n) is 4.36. The largest absolute Gasteiger partial charge is 0.380 e. The SMILES string of the molecule is CN1CC[C@H]2[C@@H](C1)c1ccccc1[C@]2(O)c1ccccc1. The average Bonchev–Trinajstić information content (AvgIpc) is 2.79. The summed E-state index contributed by atoms with van der Waals surface area (Å²) < 4.78 is 0. The third kappa shape index (κ3) is 1.79. The molecule has 0 radical (unpaired) electrons. The monoisotopic (exact) mass is 279 g/mol. The first kappa shape index (κ1) is 13.1. The predicted molar refractivity (Wildman–Crippen MR) is 84.2 cm³/mol. The second kappa shape index (κ2) is 4.69. The van der Waals surface area contributed by atoms with E-state index in [0.29, 0.717) is 5.92 Å². The lowest BCUT2D eigenvalue weighted by molar-refractivity contribution is -0.00451. The molecule has 1 aliphatic carbocycles. The summed E-state index contributed by atoms with van der Waals surface area (Å²) in [7, 11) is 2.18. The van der Waals surface area contributed by atoms with Gasteiger partial charge in [0, 0.05) is 18.4 Å². The number of nitrogens with zero attached hydrogens (tertiary/aromatic N) is 1. The van der Waals surface area contributed by atoms with Crippen molar-refractivity contribution in [1.82, 2.24) is 4.90 Å². The normalized spacial score (nSPS) is 31.7. The van der Waals surface area contributed by atoms with Crippen LogP contribution in [-0.2, 0) is 5.60 Å². The molecule has 0 saturated carbocycles. The van der Waals surface area contributed by atoms with Crippen LogP contribution < -0.4 is 0 Å². The minimum Gasteiger partial charge on any atom is -0.380 e. The molecule has 1 fully saturated rings. The number of piperidine rings is 1. The van der Waals surface area contributed by atoms with Crippen molar-refractivity contribution in [3.05, 3.63) is 71.3 Å². The molecule has 4 rings (SSSR count). The minimum atomic E-state index is -0.830. The second-order valence-corrected chi connectivity index (χ2v) is 6.48. The summed E-state index contributed by atoms with van der Waals surface area (Å²) in [5.41, 5.74) is 2.65. The van der Waals surface area contributed by atoms with Crippen molar-refractivity contribution in [3.63, 3.8) is 0 Å². The lowest BCUT2D eigenvalue weighted by atomic mass is 9.75. The number of likely N-dealkylation sites (tertiary alicyclic amines) is 1. The number of hydrogen-bond acceptors (Lipinski definition) is 2. The summed E-state index contributed by atoms with van der Waals surface area (Å²) in [6.07, 6.45) is 1.04. The Bertz CT molecular complexity index is 654. The summed E-state index contributed by atoms with van der Waals surface area (Å²) >= 11 is 0. The van der Waals surface area contributed by atoms with E-state index in [0.717, 1.165) is 30.6 Å². The van der Waals surface area contributed by atoms with Gasteiger partial charge in [0.05, 0.1) is 0 Å². The van der Waals surface area contributed by atoms with Crippen molar-refractivity contribution in [1.29, 1.82) is 0 Å². The van der Waals surface area contributed by atoms with Crippen molar-refractivity contribution in [3.8, 4) is 0 Å². The molecule has 0 bridgehead atoms. The van der Waals surface area contributed by atoms with E-state index in [9.17, 15) is 5.11 Å². The standard InChI is InChI=1S/C19H21NO/c1-20-12-11-18-16(13-20)15-9-5-6-10-17(15)19(18,21)14-7-3-2-4-8-14/h2-10,16,18,21H,11-13H2,1H3/t16-,18-,19+/m0/s1. The smallest absolute Gasteiger partial charge is 0.118 e. The molecule has 1 aliphatic heterocycles. The summed E-state index contributed by atoms with van der Waals surface area (Å²) in [6.45, 7) is 2.10. The third-order valence-electron chi connectivity index (χ3n) is 5.34. The molecule has 2 aromatic carbocycles. The van der Waals surface area contributed by atoms with E-state index in [-0.39, 0.29) is 5.92 Å². The molecule has 0 unspecified atom stereocenters. The van der Waals surface area contributed by atoms with E-state index >= 15 is 0 Å². The Balaban J connectivity index is 1.91. The maximum atomic E-state index is 11.7. The zero-order valence-electron chi connectivity index (χ0n) is 12.4. The molecule has 2 aliphatic rings. The molecule has 1 heterocycles. The molecule has 108 valence electrons. The van der Waals surface area contributed by atoms with Crippen LogP contribution in [0.1, 0.15) is 29.0 Å². The van der Waals surface area contributed by atoms with Crippen molar-refractivity contribution < 1.29 is 5.11 Å². The van der Waals surface area contributed by atoms with Crippen LogP contribution in [-0.4, -0.2) is 30.1 Å². The van der Waals surface area contributed by atoms with Crippen molar-refractivity contribution in [2.24, 2.45) is 5.92 Å². The third-order valence-corrected chi connectivity index (χ3v) is 5.34. The molecule has 0 aromatic heterocycles. The molecular formula is C19H21NO. The highest BCUT2D eigenvalue weighted by Crippen LogP contribution is 2.55. The highest BCUT2D eigenvalue weighted by atomic mass is 16.3. The van der Waals surface area contributed by atoms with E-state index in [2.05, 4.69) is 42.3 Å². The Labute approximate surface area is 126 Å². The van der Waals surface area contributed by atoms with Gasteiger partial charge in [0.25, 0.3) is 0 Å². The molecule has 21 heavy (non-hydrogen) atoms. The van der Waals surface area contributed by atoms with Crippen LogP contribution in [0.15, 0.2) is 54.6 Å². The Morgan fingerprint density at radius 3 is 2.57 bits per heavy atom. The first-order valence-electron chi connectivity index (χ1n) is 7.77. The van der Waals surface area contributed by atoms with Crippen LogP contribution in [0.2, 0.25) is 0 Å². The molecule has 0 amide bonds. The lowest BCUT2D eigenvalue weighted by Gasteiger charge is -2.39. The summed E-state index contributed by atoms with van der Waals surface area (Å²) in [6, 6.07) is 18.7. The van der Waals surface area contributed by atoms with Crippen LogP contribution >= 0.6 is 0 Å². The fourth-order valence-corrected chi connectivity index (χ4v) is 4.36. The predicted octanol–water partition coefficient (Wildman–Crippen LogP) is 2.97. The van der Waals surface area contributed by atoms with E-state index in [4.69, 9.17) is 0 Å². The number of benzene rings is 2. The van der Waals surface area contributed by atoms with Crippen molar-refractivity contribution in [2.45, 2.75) is 17.9 Å². The minimum absolute atomic E-state index is 0.286. The maximum Gasteiger partial charge on any atom is 0.118 e. The highest BCUT2D eigenvalue weighted by molar-refractivity contribution is 5.49. The van der Waals surface area contributed by atoms with Gasteiger partial charge in [-0.05, 0) is 36.7 Å².